The van der Waals surface area contributed by atoms with Gasteiger partial charge in [0.05, 0.1) is 19.3 Å². The summed E-state index contributed by atoms with van der Waals surface area (Å²) in [5.41, 5.74) is 2.22. The Morgan fingerprint density at radius 1 is 1.29 bits per heavy atom. The molecule has 0 saturated heterocycles. The van der Waals surface area contributed by atoms with E-state index in [1.807, 2.05) is 45.0 Å². The number of carbonyl (C=O) groups excluding carboxylic acids is 1. The van der Waals surface area contributed by atoms with Gasteiger partial charge >= 0.3 is 5.97 Å². The molecule has 5 heteroatoms. The zero-order valence-corrected chi connectivity index (χ0v) is 13.0. The predicted octanol–water partition coefficient (Wildman–Crippen LogP) is 3.24. The standard InChI is InChI=1S/C16H23NO4/c1-11(2)21-15(13-7-5-12(3)6-8-13)10-9-14(17-19)16(18)20-4/h5-8,11,15,19H,9-10H2,1-4H3. The van der Waals surface area contributed by atoms with Crippen LogP contribution in [0, 0.1) is 6.92 Å². The van der Waals surface area contributed by atoms with Crippen LogP contribution >= 0.6 is 0 Å². The Morgan fingerprint density at radius 3 is 2.38 bits per heavy atom. The number of aryl methyl sites for hydroxylation is 1. The van der Waals surface area contributed by atoms with Crippen molar-refractivity contribution in [2.45, 2.75) is 45.8 Å². The number of benzene rings is 1. The number of ether oxygens (including phenoxy) is 2. The maximum atomic E-state index is 11.4. The van der Waals surface area contributed by atoms with Crippen molar-refractivity contribution in [3.63, 3.8) is 0 Å². The third kappa shape index (κ3) is 5.55. The number of oxime groups is 1. The van der Waals surface area contributed by atoms with Crippen molar-refractivity contribution in [3.8, 4) is 0 Å². The lowest BCUT2D eigenvalue weighted by Crippen LogP contribution is -2.18. The van der Waals surface area contributed by atoms with E-state index < -0.39 is 5.97 Å². The van der Waals surface area contributed by atoms with Gasteiger partial charge in [0.2, 0.25) is 0 Å². The van der Waals surface area contributed by atoms with E-state index in [9.17, 15) is 4.79 Å². The number of esters is 1. The van der Waals surface area contributed by atoms with Crippen molar-refractivity contribution < 1.29 is 19.5 Å². The highest BCUT2D eigenvalue weighted by Gasteiger charge is 2.19. The van der Waals surface area contributed by atoms with Crippen molar-refractivity contribution in [1.82, 2.24) is 0 Å². The fourth-order valence-electron chi connectivity index (χ4n) is 2.00. The molecule has 0 aliphatic rings. The van der Waals surface area contributed by atoms with Crippen LogP contribution in [0.5, 0.6) is 0 Å². The van der Waals surface area contributed by atoms with E-state index in [2.05, 4.69) is 9.89 Å². The van der Waals surface area contributed by atoms with Gasteiger partial charge in [-0.05, 0) is 32.8 Å². The van der Waals surface area contributed by atoms with Crippen LogP contribution in [0.3, 0.4) is 0 Å². The van der Waals surface area contributed by atoms with Gasteiger partial charge in [-0.25, -0.2) is 4.79 Å². The second-order valence-corrected chi connectivity index (χ2v) is 5.16. The maximum Gasteiger partial charge on any atom is 0.355 e. The minimum Gasteiger partial charge on any atom is -0.464 e. The molecule has 0 aliphatic heterocycles. The molecule has 1 atom stereocenters. The Kier molecular flexibility index (Phi) is 6.88. The van der Waals surface area contributed by atoms with Crippen LogP contribution in [0.15, 0.2) is 29.4 Å². The second-order valence-electron chi connectivity index (χ2n) is 5.16. The quantitative estimate of drug-likeness (QED) is 0.363. The molecule has 1 rings (SSSR count). The monoisotopic (exact) mass is 293 g/mol. The summed E-state index contributed by atoms with van der Waals surface area (Å²) in [4.78, 5) is 11.4. The van der Waals surface area contributed by atoms with Crippen molar-refractivity contribution in [2.24, 2.45) is 5.16 Å². The van der Waals surface area contributed by atoms with Gasteiger partial charge in [-0.3, -0.25) is 0 Å². The molecule has 0 radical (unpaired) electrons. The van der Waals surface area contributed by atoms with E-state index in [0.717, 1.165) is 5.56 Å². The maximum absolute atomic E-state index is 11.4. The summed E-state index contributed by atoms with van der Waals surface area (Å²) >= 11 is 0. The van der Waals surface area contributed by atoms with E-state index in [4.69, 9.17) is 9.94 Å². The van der Waals surface area contributed by atoms with Crippen molar-refractivity contribution in [2.75, 3.05) is 7.11 Å². The number of nitrogens with zero attached hydrogens (tertiary/aromatic N) is 1. The first kappa shape index (κ1) is 17.2. The van der Waals surface area contributed by atoms with E-state index in [1.54, 1.807) is 0 Å². The molecule has 0 aromatic heterocycles. The van der Waals surface area contributed by atoms with Crippen LogP contribution in [0.2, 0.25) is 0 Å². The average molecular weight is 293 g/mol. The van der Waals surface area contributed by atoms with Crippen LogP contribution < -0.4 is 0 Å². The summed E-state index contributed by atoms with van der Waals surface area (Å²) in [5, 5.41) is 11.9. The Hall–Kier alpha value is -1.88. The summed E-state index contributed by atoms with van der Waals surface area (Å²) in [5.74, 6) is -0.621. The van der Waals surface area contributed by atoms with Crippen molar-refractivity contribution in [3.05, 3.63) is 35.4 Å². The lowest BCUT2D eigenvalue weighted by molar-refractivity contribution is -0.133. The molecule has 1 aromatic rings. The topological polar surface area (TPSA) is 68.1 Å². The molecule has 5 nitrogen and oxygen atoms in total. The van der Waals surface area contributed by atoms with Gasteiger partial charge in [0.25, 0.3) is 0 Å². The third-order valence-corrected chi connectivity index (χ3v) is 3.07. The Morgan fingerprint density at radius 2 is 1.90 bits per heavy atom. The lowest BCUT2D eigenvalue weighted by Gasteiger charge is -2.21. The van der Waals surface area contributed by atoms with Gasteiger partial charge in [0.1, 0.15) is 0 Å². The molecule has 0 spiro atoms. The minimum atomic E-state index is -0.621. The fourth-order valence-corrected chi connectivity index (χ4v) is 2.00. The molecule has 0 aliphatic carbocycles. The first-order chi connectivity index (χ1) is 9.97. The second kappa shape index (κ2) is 8.42. The van der Waals surface area contributed by atoms with Gasteiger partial charge in [-0.1, -0.05) is 35.0 Å². The van der Waals surface area contributed by atoms with Crippen LogP contribution in [0.25, 0.3) is 0 Å². The SMILES string of the molecule is COC(=O)C(CCC(OC(C)C)c1ccc(C)cc1)=NO. The molecule has 116 valence electrons. The molecule has 0 heterocycles. The van der Waals surface area contributed by atoms with E-state index >= 15 is 0 Å². The summed E-state index contributed by atoms with van der Waals surface area (Å²) in [7, 11) is 1.26. The molecule has 0 fully saturated rings. The first-order valence-electron chi connectivity index (χ1n) is 6.99. The molecule has 0 saturated carbocycles. The third-order valence-electron chi connectivity index (χ3n) is 3.07. The molecular formula is C16H23NO4. The molecule has 1 N–H and O–H groups in total. The zero-order chi connectivity index (χ0) is 15.8. The Bertz CT molecular complexity index is 480. The number of hydrogen-bond donors (Lipinski definition) is 1. The smallest absolute Gasteiger partial charge is 0.355 e. The predicted molar refractivity (Wildman–Crippen MR) is 80.6 cm³/mol. The summed E-state index contributed by atoms with van der Waals surface area (Å²) in [6, 6.07) is 8.06. The molecule has 0 bridgehead atoms. The highest BCUT2D eigenvalue weighted by molar-refractivity contribution is 6.36. The van der Waals surface area contributed by atoms with E-state index in [-0.39, 0.29) is 24.3 Å². The van der Waals surface area contributed by atoms with Gasteiger partial charge in [0.15, 0.2) is 5.71 Å². The summed E-state index contributed by atoms with van der Waals surface area (Å²) in [6.45, 7) is 5.95. The number of methoxy groups -OCH3 is 1. The number of hydrogen-bond acceptors (Lipinski definition) is 5. The Labute approximate surface area is 125 Å². The van der Waals surface area contributed by atoms with Crippen LogP contribution in [0.4, 0.5) is 0 Å². The normalized spacial score (nSPS) is 13.3. The van der Waals surface area contributed by atoms with Crippen LogP contribution in [-0.2, 0) is 14.3 Å². The van der Waals surface area contributed by atoms with Gasteiger partial charge in [-0.15, -0.1) is 0 Å². The van der Waals surface area contributed by atoms with Crippen LogP contribution in [0.1, 0.15) is 43.9 Å². The average Bonchev–Trinajstić information content (AvgIpc) is 2.46. The van der Waals surface area contributed by atoms with Crippen molar-refractivity contribution in [1.29, 1.82) is 0 Å². The van der Waals surface area contributed by atoms with Gasteiger partial charge in [-0.2, -0.15) is 0 Å². The molecular weight excluding hydrogens is 270 g/mol. The summed E-state index contributed by atoms with van der Waals surface area (Å²) < 4.78 is 10.5. The molecule has 0 amide bonds. The van der Waals surface area contributed by atoms with E-state index in [0.29, 0.717) is 6.42 Å². The lowest BCUT2D eigenvalue weighted by atomic mass is 10.0. The fraction of sp³-hybridized carbons (Fsp3) is 0.500. The van der Waals surface area contributed by atoms with Crippen LogP contribution in [-0.4, -0.2) is 30.1 Å². The zero-order valence-electron chi connectivity index (χ0n) is 13.0. The minimum absolute atomic E-state index is 0.00182. The van der Waals surface area contributed by atoms with Gasteiger partial charge in [0, 0.05) is 6.42 Å². The first-order valence-corrected chi connectivity index (χ1v) is 6.99. The number of carbonyl (C=O) groups is 1. The number of rotatable bonds is 7. The van der Waals surface area contributed by atoms with E-state index in [1.165, 1.54) is 12.7 Å². The molecule has 21 heavy (non-hydrogen) atoms. The largest absolute Gasteiger partial charge is 0.464 e. The van der Waals surface area contributed by atoms with Crippen molar-refractivity contribution >= 4 is 11.7 Å². The van der Waals surface area contributed by atoms with Gasteiger partial charge < -0.3 is 14.7 Å². The Balaban J connectivity index is 2.79. The highest BCUT2D eigenvalue weighted by Crippen LogP contribution is 2.25. The molecule has 1 aromatic carbocycles. The summed E-state index contributed by atoms with van der Waals surface area (Å²) in [6.07, 6.45) is 0.723. The highest BCUT2D eigenvalue weighted by atomic mass is 16.5. The molecule has 1 unspecified atom stereocenters.